The highest BCUT2D eigenvalue weighted by Gasteiger charge is 2.06. The van der Waals surface area contributed by atoms with Crippen LogP contribution in [0.5, 0.6) is 11.6 Å². The highest BCUT2D eigenvalue weighted by atomic mass is 79.9. The Labute approximate surface area is 115 Å². The molecule has 18 heavy (non-hydrogen) atoms. The van der Waals surface area contributed by atoms with E-state index in [9.17, 15) is 0 Å². The summed E-state index contributed by atoms with van der Waals surface area (Å²) in [6.45, 7) is 3.96. The molecule has 0 unspecified atom stereocenters. The van der Waals surface area contributed by atoms with Crippen LogP contribution in [-0.2, 0) is 0 Å². The van der Waals surface area contributed by atoms with Crippen molar-refractivity contribution in [2.24, 2.45) is 5.73 Å². The molecule has 4 heteroatoms. The lowest BCUT2D eigenvalue weighted by molar-refractivity contribution is 0.458. The molecule has 0 radical (unpaired) electrons. The Balaban J connectivity index is 2.25. The van der Waals surface area contributed by atoms with E-state index in [0.29, 0.717) is 5.88 Å². The third-order valence-electron chi connectivity index (χ3n) is 2.59. The molecule has 94 valence electrons. The van der Waals surface area contributed by atoms with Crippen molar-refractivity contribution < 1.29 is 4.74 Å². The maximum absolute atomic E-state index is 5.83. The first-order valence-electron chi connectivity index (χ1n) is 5.72. The lowest BCUT2D eigenvalue weighted by Gasteiger charge is -2.10. The van der Waals surface area contributed by atoms with Gasteiger partial charge in [-0.3, -0.25) is 0 Å². The zero-order valence-corrected chi connectivity index (χ0v) is 11.9. The highest BCUT2D eigenvalue weighted by Crippen LogP contribution is 2.30. The third-order valence-corrected chi connectivity index (χ3v) is 3.21. The van der Waals surface area contributed by atoms with Gasteiger partial charge >= 0.3 is 0 Å². The van der Waals surface area contributed by atoms with Gasteiger partial charge in [-0.15, -0.1) is 0 Å². The fourth-order valence-corrected chi connectivity index (χ4v) is 2.14. The predicted molar refractivity (Wildman–Crippen MR) is 75.8 cm³/mol. The Kier molecular flexibility index (Phi) is 3.99. The Hall–Kier alpha value is -1.39. The van der Waals surface area contributed by atoms with Crippen LogP contribution in [0.15, 0.2) is 41.0 Å². The summed E-state index contributed by atoms with van der Waals surface area (Å²) in [5.41, 5.74) is 8.01. The zero-order valence-electron chi connectivity index (χ0n) is 10.4. The molecule has 1 aromatic carbocycles. The van der Waals surface area contributed by atoms with Gasteiger partial charge in [0.25, 0.3) is 0 Å². The van der Waals surface area contributed by atoms with E-state index in [4.69, 9.17) is 10.5 Å². The van der Waals surface area contributed by atoms with E-state index >= 15 is 0 Å². The number of nitrogens with zero attached hydrogens (tertiary/aromatic N) is 1. The molecule has 2 rings (SSSR count). The predicted octanol–water partition coefficient (Wildman–Crippen LogP) is 3.96. The Morgan fingerprint density at radius 1 is 1.28 bits per heavy atom. The minimum atomic E-state index is -0.0307. The lowest BCUT2D eigenvalue weighted by atomic mass is 10.1. The van der Waals surface area contributed by atoms with Crippen LogP contribution in [-0.4, -0.2) is 4.98 Å². The van der Waals surface area contributed by atoms with Crippen molar-refractivity contribution in [3.05, 3.63) is 52.1 Å². The van der Waals surface area contributed by atoms with Crippen molar-refractivity contribution in [1.29, 1.82) is 0 Å². The number of hydrogen-bond acceptors (Lipinski definition) is 3. The lowest BCUT2D eigenvalue weighted by Crippen LogP contribution is -2.05. The number of rotatable bonds is 3. The number of hydrogen-bond donors (Lipinski definition) is 1. The minimum absolute atomic E-state index is 0.0307. The average molecular weight is 307 g/mol. The molecule has 3 nitrogen and oxygen atoms in total. The maximum atomic E-state index is 5.83. The largest absolute Gasteiger partial charge is 0.438 e. The standard InChI is InChI=1S/C14H15BrN2O/c1-9-3-4-13(12(15)7-9)18-14-8-11(10(2)16)5-6-17-14/h3-8,10H,16H2,1-2H3/t10-/m1/s1. The molecule has 1 aromatic heterocycles. The fourth-order valence-electron chi connectivity index (χ4n) is 1.57. The molecule has 0 aliphatic rings. The molecule has 0 fully saturated rings. The molecule has 0 amide bonds. The molecule has 0 aliphatic heterocycles. The van der Waals surface area contributed by atoms with Crippen molar-refractivity contribution in [3.63, 3.8) is 0 Å². The van der Waals surface area contributed by atoms with Gasteiger partial charge in [0.15, 0.2) is 0 Å². The van der Waals surface area contributed by atoms with E-state index in [2.05, 4.69) is 20.9 Å². The second-order valence-electron chi connectivity index (χ2n) is 4.25. The molecule has 1 heterocycles. The number of aryl methyl sites for hydroxylation is 1. The van der Waals surface area contributed by atoms with Gasteiger partial charge in [-0.1, -0.05) is 6.07 Å². The number of halogens is 1. The Bertz CT molecular complexity index is 555. The van der Waals surface area contributed by atoms with Crippen LogP contribution in [0, 0.1) is 6.92 Å². The molecule has 2 aromatic rings. The minimum Gasteiger partial charge on any atom is -0.438 e. The Morgan fingerprint density at radius 2 is 2.06 bits per heavy atom. The van der Waals surface area contributed by atoms with Crippen molar-refractivity contribution >= 4 is 15.9 Å². The van der Waals surface area contributed by atoms with Gasteiger partial charge in [0.2, 0.25) is 5.88 Å². The average Bonchev–Trinajstić information content (AvgIpc) is 2.33. The monoisotopic (exact) mass is 306 g/mol. The second kappa shape index (κ2) is 5.50. The molecule has 1 atom stereocenters. The molecule has 0 bridgehead atoms. The van der Waals surface area contributed by atoms with E-state index in [0.717, 1.165) is 15.8 Å². The number of aromatic nitrogens is 1. The van der Waals surface area contributed by atoms with Crippen LogP contribution in [0.1, 0.15) is 24.1 Å². The summed E-state index contributed by atoms with van der Waals surface area (Å²) < 4.78 is 6.65. The molecule has 0 aliphatic carbocycles. The summed E-state index contributed by atoms with van der Waals surface area (Å²) in [5, 5.41) is 0. The first-order valence-corrected chi connectivity index (χ1v) is 6.51. The van der Waals surface area contributed by atoms with Crippen LogP contribution in [0.4, 0.5) is 0 Å². The van der Waals surface area contributed by atoms with Crippen LogP contribution < -0.4 is 10.5 Å². The quantitative estimate of drug-likeness (QED) is 0.933. The van der Waals surface area contributed by atoms with Gasteiger partial charge in [0.05, 0.1) is 4.47 Å². The molecule has 0 saturated carbocycles. The van der Waals surface area contributed by atoms with Crippen molar-refractivity contribution in [2.45, 2.75) is 19.9 Å². The van der Waals surface area contributed by atoms with E-state index in [1.807, 2.05) is 44.2 Å². The number of pyridine rings is 1. The van der Waals surface area contributed by atoms with E-state index in [1.54, 1.807) is 6.20 Å². The molecular weight excluding hydrogens is 292 g/mol. The van der Waals surface area contributed by atoms with E-state index in [1.165, 1.54) is 5.56 Å². The SMILES string of the molecule is Cc1ccc(Oc2cc([C@@H](C)N)ccn2)c(Br)c1. The van der Waals surface area contributed by atoms with Crippen molar-refractivity contribution in [3.8, 4) is 11.6 Å². The first-order chi connectivity index (χ1) is 8.56. The van der Waals surface area contributed by atoms with Gasteiger partial charge in [-0.25, -0.2) is 4.98 Å². The molecule has 2 N–H and O–H groups in total. The van der Waals surface area contributed by atoms with Crippen LogP contribution in [0.3, 0.4) is 0 Å². The molecular formula is C14H15BrN2O. The third kappa shape index (κ3) is 3.09. The second-order valence-corrected chi connectivity index (χ2v) is 5.11. The summed E-state index contributed by atoms with van der Waals surface area (Å²) in [6.07, 6.45) is 1.70. The maximum Gasteiger partial charge on any atom is 0.219 e. The van der Waals surface area contributed by atoms with Gasteiger partial charge in [-0.05, 0) is 59.1 Å². The molecule has 0 spiro atoms. The topological polar surface area (TPSA) is 48.1 Å². The molecule has 0 saturated heterocycles. The van der Waals surface area contributed by atoms with Crippen LogP contribution >= 0.6 is 15.9 Å². The number of benzene rings is 1. The van der Waals surface area contributed by atoms with Crippen LogP contribution in [0.25, 0.3) is 0 Å². The zero-order chi connectivity index (χ0) is 13.1. The van der Waals surface area contributed by atoms with Crippen LogP contribution in [0.2, 0.25) is 0 Å². The van der Waals surface area contributed by atoms with E-state index in [-0.39, 0.29) is 6.04 Å². The van der Waals surface area contributed by atoms with Crippen molar-refractivity contribution in [1.82, 2.24) is 4.98 Å². The summed E-state index contributed by atoms with van der Waals surface area (Å²) in [4.78, 5) is 4.18. The highest BCUT2D eigenvalue weighted by molar-refractivity contribution is 9.10. The number of ether oxygens (including phenoxy) is 1. The van der Waals surface area contributed by atoms with Gasteiger partial charge in [0, 0.05) is 18.3 Å². The van der Waals surface area contributed by atoms with Gasteiger partial charge in [0.1, 0.15) is 5.75 Å². The Morgan fingerprint density at radius 3 is 2.72 bits per heavy atom. The first kappa shape index (κ1) is 13.1. The van der Waals surface area contributed by atoms with Gasteiger partial charge in [-0.2, -0.15) is 0 Å². The van der Waals surface area contributed by atoms with E-state index < -0.39 is 0 Å². The van der Waals surface area contributed by atoms with Crippen molar-refractivity contribution in [2.75, 3.05) is 0 Å². The number of nitrogens with two attached hydrogens (primary N) is 1. The summed E-state index contributed by atoms with van der Waals surface area (Å²) >= 11 is 3.47. The summed E-state index contributed by atoms with van der Waals surface area (Å²) in [7, 11) is 0. The van der Waals surface area contributed by atoms with Gasteiger partial charge < -0.3 is 10.5 Å². The fraction of sp³-hybridized carbons (Fsp3) is 0.214. The summed E-state index contributed by atoms with van der Waals surface area (Å²) in [6, 6.07) is 9.63. The normalized spacial score (nSPS) is 12.2. The smallest absolute Gasteiger partial charge is 0.219 e. The summed E-state index contributed by atoms with van der Waals surface area (Å²) in [5.74, 6) is 1.30.